The van der Waals surface area contributed by atoms with E-state index in [1.165, 1.54) is 6.07 Å². The van der Waals surface area contributed by atoms with Gasteiger partial charge in [0.2, 0.25) is 5.82 Å². The second kappa shape index (κ2) is 4.61. The van der Waals surface area contributed by atoms with E-state index in [4.69, 9.17) is 0 Å². The molecule has 0 atom stereocenters. The largest absolute Gasteiger partial charge is 0.346 e. The summed E-state index contributed by atoms with van der Waals surface area (Å²) in [6, 6.07) is 3.06. The molecule has 16 heavy (non-hydrogen) atoms. The number of hydrogen-bond donors (Lipinski definition) is 0. The topological polar surface area (TPSA) is 59.3 Å². The fourth-order valence-corrected chi connectivity index (χ4v) is 2.19. The molecule has 6 heteroatoms. The smallest absolute Gasteiger partial charge is 0.311 e. The van der Waals surface area contributed by atoms with Crippen LogP contribution in [0, 0.1) is 10.1 Å². The first-order valence-corrected chi connectivity index (χ1v) is 5.66. The Bertz CT molecular complexity index is 447. The molecule has 0 saturated heterocycles. The van der Waals surface area contributed by atoms with Crippen molar-refractivity contribution in [3.8, 4) is 0 Å². The van der Waals surface area contributed by atoms with Crippen molar-refractivity contribution in [1.29, 1.82) is 0 Å². The van der Waals surface area contributed by atoms with Crippen LogP contribution in [0.15, 0.2) is 28.9 Å². The monoisotopic (exact) mass is 283 g/mol. The standard InChI is InChI=1S/C10H10BrN3O2/c11-8-3-2-6-13(7-8)10-9(14(15)16)4-1-5-12-10/h1,3-5H,2,6-7H2. The highest BCUT2D eigenvalue weighted by Crippen LogP contribution is 2.28. The zero-order valence-electron chi connectivity index (χ0n) is 8.47. The van der Waals surface area contributed by atoms with Crippen LogP contribution in [-0.4, -0.2) is 23.0 Å². The lowest BCUT2D eigenvalue weighted by Gasteiger charge is -2.25. The predicted octanol–water partition coefficient (Wildman–Crippen LogP) is 2.48. The zero-order chi connectivity index (χ0) is 11.5. The number of pyridine rings is 1. The Morgan fingerprint density at radius 3 is 3.06 bits per heavy atom. The molecule has 2 heterocycles. The zero-order valence-corrected chi connectivity index (χ0v) is 10.1. The van der Waals surface area contributed by atoms with Crippen LogP contribution in [-0.2, 0) is 0 Å². The Morgan fingerprint density at radius 2 is 2.38 bits per heavy atom. The van der Waals surface area contributed by atoms with Gasteiger partial charge in [0.15, 0.2) is 0 Å². The molecule has 0 spiro atoms. The molecular weight excluding hydrogens is 274 g/mol. The third-order valence-electron chi connectivity index (χ3n) is 2.37. The molecule has 0 aromatic carbocycles. The van der Waals surface area contributed by atoms with Gasteiger partial charge in [-0.1, -0.05) is 22.0 Å². The minimum atomic E-state index is -0.394. The van der Waals surface area contributed by atoms with E-state index in [1.807, 2.05) is 4.90 Å². The maximum absolute atomic E-state index is 10.9. The molecule has 5 nitrogen and oxygen atoms in total. The third kappa shape index (κ3) is 2.21. The summed E-state index contributed by atoms with van der Waals surface area (Å²) < 4.78 is 1.04. The van der Waals surface area contributed by atoms with E-state index in [9.17, 15) is 10.1 Å². The van der Waals surface area contributed by atoms with E-state index in [1.54, 1.807) is 12.3 Å². The quantitative estimate of drug-likeness (QED) is 0.618. The maximum atomic E-state index is 10.9. The molecule has 1 aliphatic heterocycles. The van der Waals surface area contributed by atoms with Crippen LogP contribution in [0.3, 0.4) is 0 Å². The Labute approximate surface area is 101 Å². The molecule has 0 radical (unpaired) electrons. The van der Waals surface area contributed by atoms with Crippen molar-refractivity contribution < 1.29 is 4.92 Å². The molecule has 0 amide bonds. The molecule has 1 aromatic rings. The van der Waals surface area contributed by atoms with Crippen molar-refractivity contribution >= 4 is 27.4 Å². The van der Waals surface area contributed by atoms with Gasteiger partial charge in [0, 0.05) is 23.3 Å². The molecule has 2 rings (SSSR count). The summed E-state index contributed by atoms with van der Waals surface area (Å²) in [4.78, 5) is 16.5. The number of anilines is 1. The van der Waals surface area contributed by atoms with Crippen molar-refractivity contribution in [2.45, 2.75) is 6.42 Å². The molecular formula is C10H10BrN3O2. The van der Waals surface area contributed by atoms with Crippen LogP contribution in [0.25, 0.3) is 0 Å². The first kappa shape index (κ1) is 11.1. The van der Waals surface area contributed by atoms with Gasteiger partial charge in [0.25, 0.3) is 0 Å². The van der Waals surface area contributed by atoms with Crippen molar-refractivity contribution in [3.05, 3.63) is 39.0 Å². The van der Waals surface area contributed by atoms with Gasteiger partial charge in [-0.25, -0.2) is 4.98 Å². The molecule has 0 unspecified atom stereocenters. The highest BCUT2D eigenvalue weighted by atomic mass is 79.9. The first-order valence-electron chi connectivity index (χ1n) is 4.87. The Balaban J connectivity index is 2.33. The number of rotatable bonds is 2. The van der Waals surface area contributed by atoms with Gasteiger partial charge in [-0.05, 0) is 12.5 Å². The molecule has 0 bridgehead atoms. The van der Waals surface area contributed by atoms with Crippen molar-refractivity contribution in [3.63, 3.8) is 0 Å². The first-order chi connectivity index (χ1) is 7.68. The Kier molecular flexibility index (Phi) is 3.19. The fraction of sp³-hybridized carbons (Fsp3) is 0.300. The van der Waals surface area contributed by atoms with Gasteiger partial charge in [-0.15, -0.1) is 0 Å². The summed E-state index contributed by atoms with van der Waals surface area (Å²) in [5, 5.41) is 10.9. The number of halogens is 1. The lowest BCUT2D eigenvalue weighted by molar-refractivity contribution is -0.384. The van der Waals surface area contributed by atoms with Crippen LogP contribution in [0.1, 0.15) is 6.42 Å². The Morgan fingerprint density at radius 1 is 1.56 bits per heavy atom. The summed E-state index contributed by atoms with van der Waals surface area (Å²) in [6.07, 6.45) is 4.52. The SMILES string of the molecule is O=[N+]([O-])c1cccnc1N1CCC=C(Br)C1. The predicted molar refractivity (Wildman–Crippen MR) is 64.7 cm³/mol. The van der Waals surface area contributed by atoms with Gasteiger partial charge in [0.1, 0.15) is 0 Å². The lowest BCUT2D eigenvalue weighted by Crippen LogP contribution is -2.29. The van der Waals surface area contributed by atoms with Crippen LogP contribution in [0.4, 0.5) is 11.5 Å². The summed E-state index contributed by atoms with van der Waals surface area (Å²) in [6.45, 7) is 1.39. The van der Waals surface area contributed by atoms with Crippen LogP contribution in [0.5, 0.6) is 0 Å². The Hall–Kier alpha value is -1.43. The summed E-state index contributed by atoms with van der Waals surface area (Å²) in [5.41, 5.74) is 0.0599. The van der Waals surface area contributed by atoms with E-state index in [-0.39, 0.29) is 5.69 Å². The van der Waals surface area contributed by atoms with Crippen LogP contribution >= 0.6 is 15.9 Å². The van der Waals surface area contributed by atoms with Gasteiger partial charge in [-0.2, -0.15) is 0 Å². The molecule has 1 aromatic heterocycles. The molecule has 0 aliphatic carbocycles. The lowest BCUT2D eigenvalue weighted by atomic mass is 10.2. The summed E-state index contributed by atoms with van der Waals surface area (Å²) in [5.74, 6) is 0.442. The van der Waals surface area contributed by atoms with Crippen molar-refractivity contribution in [2.24, 2.45) is 0 Å². The molecule has 0 N–H and O–H groups in total. The highest BCUT2D eigenvalue weighted by Gasteiger charge is 2.22. The molecule has 0 saturated carbocycles. The van der Waals surface area contributed by atoms with Crippen molar-refractivity contribution in [1.82, 2.24) is 4.98 Å². The van der Waals surface area contributed by atoms with E-state index < -0.39 is 4.92 Å². The third-order valence-corrected chi connectivity index (χ3v) is 2.94. The van der Waals surface area contributed by atoms with Gasteiger partial charge < -0.3 is 4.90 Å². The van der Waals surface area contributed by atoms with Gasteiger partial charge in [-0.3, -0.25) is 10.1 Å². The van der Waals surface area contributed by atoms with Gasteiger partial charge >= 0.3 is 5.69 Å². The van der Waals surface area contributed by atoms with E-state index >= 15 is 0 Å². The average Bonchev–Trinajstić information content (AvgIpc) is 2.29. The maximum Gasteiger partial charge on any atom is 0.311 e. The number of nitrogens with zero attached hydrogens (tertiary/aromatic N) is 3. The van der Waals surface area contributed by atoms with Gasteiger partial charge in [0.05, 0.1) is 11.5 Å². The molecule has 0 fully saturated rings. The van der Waals surface area contributed by atoms with E-state index in [0.29, 0.717) is 12.4 Å². The minimum absolute atomic E-state index is 0.0599. The average molecular weight is 284 g/mol. The number of hydrogen-bond acceptors (Lipinski definition) is 4. The normalized spacial score (nSPS) is 15.8. The molecule has 1 aliphatic rings. The fourth-order valence-electron chi connectivity index (χ4n) is 1.66. The van der Waals surface area contributed by atoms with Crippen molar-refractivity contribution in [2.75, 3.05) is 18.0 Å². The summed E-state index contributed by atoms with van der Waals surface area (Å²) >= 11 is 3.41. The van der Waals surface area contributed by atoms with Crippen LogP contribution < -0.4 is 4.90 Å². The van der Waals surface area contributed by atoms with Crippen LogP contribution in [0.2, 0.25) is 0 Å². The second-order valence-corrected chi connectivity index (χ2v) is 4.48. The van der Waals surface area contributed by atoms with E-state index in [2.05, 4.69) is 27.0 Å². The highest BCUT2D eigenvalue weighted by molar-refractivity contribution is 9.11. The minimum Gasteiger partial charge on any atom is -0.346 e. The molecule has 84 valence electrons. The van der Waals surface area contributed by atoms with E-state index in [0.717, 1.165) is 17.4 Å². The summed E-state index contributed by atoms with van der Waals surface area (Å²) in [7, 11) is 0. The second-order valence-electron chi connectivity index (χ2n) is 3.46. The number of aromatic nitrogens is 1. The number of nitro groups is 1.